The van der Waals surface area contributed by atoms with Gasteiger partial charge in [-0.1, -0.05) is 27.7 Å². The Morgan fingerprint density at radius 1 is 1.47 bits per heavy atom. The van der Waals surface area contributed by atoms with E-state index in [9.17, 15) is 0 Å². The van der Waals surface area contributed by atoms with Crippen LogP contribution in [0.3, 0.4) is 0 Å². The Morgan fingerprint density at radius 3 is 2.79 bits per heavy atom. The molecule has 1 N–H and O–H groups in total. The predicted octanol–water partition coefficient (Wildman–Crippen LogP) is 3.01. The first-order valence-electron chi connectivity index (χ1n) is 7.40. The Bertz CT molecular complexity index is 388. The van der Waals surface area contributed by atoms with Crippen LogP contribution >= 0.6 is 11.3 Å². The van der Waals surface area contributed by atoms with Crippen LogP contribution in [0, 0.1) is 0 Å². The van der Waals surface area contributed by atoms with Crippen LogP contribution in [-0.4, -0.2) is 35.6 Å². The predicted molar refractivity (Wildman–Crippen MR) is 82.8 cm³/mol. The van der Waals surface area contributed by atoms with Crippen molar-refractivity contribution in [3.8, 4) is 0 Å². The van der Waals surface area contributed by atoms with Crippen LogP contribution in [0.4, 0.5) is 0 Å². The SMILES string of the molecule is CCCN(Cc1csc(C(C)(C)C)n1)C1CCNC1. The Balaban J connectivity index is 2.02. The maximum absolute atomic E-state index is 4.83. The van der Waals surface area contributed by atoms with Crippen molar-refractivity contribution >= 4 is 11.3 Å². The second kappa shape index (κ2) is 6.33. The number of hydrogen-bond donors (Lipinski definition) is 1. The summed E-state index contributed by atoms with van der Waals surface area (Å²) in [5.74, 6) is 0. The van der Waals surface area contributed by atoms with Gasteiger partial charge in [-0.05, 0) is 25.9 Å². The van der Waals surface area contributed by atoms with Crippen LogP contribution in [-0.2, 0) is 12.0 Å². The molecular weight excluding hydrogens is 254 g/mol. The van der Waals surface area contributed by atoms with Crippen molar-refractivity contribution in [3.05, 3.63) is 16.1 Å². The van der Waals surface area contributed by atoms with E-state index in [1.807, 2.05) is 0 Å². The van der Waals surface area contributed by atoms with E-state index in [0.29, 0.717) is 6.04 Å². The summed E-state index contributed by atoms with van der Waals surface area (Å²) in [5.41, 5.74) is 1.42. The van der Waals surface area contributed by atoms with Gasteiger partial charge in [0.05, 0.1) is 10.7 Å². The molecule has 1 atom stereocenters. The van der Waals surface area contributed by atoms with E-state index >= 15 is 0 Å². The lowest BCUT2D eigenvalue weighted by molar-refractivity contribution is 0.197. The second-order valence-electron chi connectivity index (χ2n) is 6.51. The average molecular weight is 281 g/mol. The van der Waals surface area contributed by atoms with Gasteiger partial charge >= 0.3 is 0 Å². The molecule has 0 aliphatic carbocycles. The number of hydrogen-bond acceptors (Lipinski definition) is 4. The molecule has 2 heterocycles. The van der Waals surface area contributed by atoms with Crippen LogP contribution in [0.5, 0.6) is 0 Å². The van der Waals surface area contributed by atoms with Crippen LogP contribution in [0.1, 0.15) is 51.2 Å². The molecule has 0 spiro atoms. The molecule has 3 nitrogen and oxygen atoms in total. The lowest BCUT2D eigenvalue weighted by Crippen LogP contribution is -2.37. The molecule has 1 saturated heterocycles. The zero-order valence-corrected chi connectivity index (χ0v) is 13.5. The van der Waals surface area contributed by atoms with Gasteiger partial charge in [-0.15, -0.1) is 11.3 Å². The van der Waals surface area contributed by atoms with Gasteiger partial charge in [0.25, 0.3) is 0 Å². The van der Waals surface area contributed by atoms with Crippen molar-refractivity contribution in [3.63, 3.8) is 0 Å². The quantitative estimate of drug-likeness (QED) is 0.899. The van der Waals surface area contributed by atoms with Crippen LogP contribution in [0.25, 0.3) is 0 Å². The Labute approximate surface area is 121 Å². The summed E-state index contributed by atoms with van der Waals surface area (Å²) in [6, 6.07) is 0.694. The lowest BCUT2D eigenvalue weighted by Gasteiger charge is -2.27. The van der Waals surface area contributed by atoms with Crippen LogP contribution in [0.2, 0.25) is 0 Å². The van der Waals surface area contributed by atoms with E-state index in [2.05, 4.69) is 43.3 Å². The minimum absolute atomic E-state index is 0.174. The van der Waals surface area contributed by atoms with E-state index in [4.69, 9.17) is 4.98 Å². The van der Waals surface area contributed by atoms with Crippen molar-refractivity contribution in [2.24, 2.45) is 0 Å². The maximum Gasteiger partial charge on any atom is 0.0982 e. The van der Waals surface area contributed by atoms with Gasteiger partial charge in [-0.25, -0.2) is 4.98 Å². The summed E-state index contributed by atoms with van der Waals surface area (Å²) >= 11 is 1.81. The smallest absolute Gasteiger partial charge is 0.0982 e. The molecule has 108 valence electrons. The normalized spacial score (nSPS) is 20.4. The first-order valence-corrected chi connectivity index (χ1v) is 8.28. The Hall–Kier alpha value is -0.450. The highest BCUT2D eigenvalue weighted by Crippen LogP contribution is 2.26. The molecular formula is C15H27N3S. The average Bonchev–Trinajstić information content (AvgIpc) is 2.98. The van der Waals surface area contributed by atoms with Gasteiger partial charge in [-0.2, -0.15) is 0 Å². The van der Waals surface area contributed by atoms with Crippen molar-refractivity contribution in [2.75, 3.05) is 19.6 Å². The minimum atomic E-state index is 0.174. The number of thiazole rings is 1. The number of nitrogens with one attached hydrogen (secondary N) is 1. The number of aromatic nitrogens is 1. The van der Waals surface area contributed by atoms with Crippen molar-refractivity contribution in [1.82, 2.24) is 15.2 Å². The molecule has 4 heteroatoms. The van der Waals surface area contributed by atoms with Crippen molar-refractivity contribution in [2.45, 2.75) is 58.5 Å². The number of rotatable bonds is 5. The molecule has 0 amide bonds. The summed E-state index contributed by atoms with van der Waals surface area (Å²) in [5, 5.41) is 6.96. The lowest BCUT2D eigenvalue weighted by atomic mass is 9.98. The van der Waals surface area contributed by atoms with Gasteiger partial charge < -0.3 is 5.32 Å². The van der Waals surface area contributed by atoms with E-state index < -0.39 is 0 Å². The second-order valence-corrected chi connectivity index (χ2v) is 7.37. The molecule has 1 fully saturated rings. The molecule has 0 saturated carbocycles. The topological polar surface area (TPSA) is 28.2 Å². The molecule has 2 rings (SSSR count). The highest BCUT2D eigenvalue weighted by Gasteiger charge is 2.23. The van der Waals surface area contributed by atoms with E-state index in [0.717, 1.165) is 19.6 Å². The number of nitrogens with zero attached hydrogens (tertiary/aromatic N) is 2. The zero-order chi connectivity index (χ0) is 13.9. The van der Waals surface area contributed by atoms with Gasteiger partial charge in [0, 0.05) is 29.9 Å². The molecule has 0 aromatic carbocycles. The summed E-state index contributed by atoms with van der Waals surface area (Å²) < 4.78 is 0. The summed E-state index contributed by atoms with van der Waals surface area (Å²) in [4.78, 5) is 7.43. The van der Waals surface area contributed by atoms with Gasteiger partial charge in [-0.3, -0.25) is 4.90 Å². The molecule has 1 aliphatic heterocycles. The van der Waals surface area contributed by atoms with Crippen molar-refractivity contribution in [1.29, 1.82) is 0 Å². The van der Waals surface area contributed by atoms with E-state index in [1.54, 1.807) is 11.3 Å². The van der Waals surface area contributed by atoms with Crippen LogP contribution in [0.15, 0.2) is 5.38 Å². The molecule has 0 bridgehead atoms. The van der Waals surface area contributed by atoms with Crippen LogP contribution < -0.4 is 5.32 Å². The molecule has 1 aromatic heterocycles. The highest BCUT2D eigenvalue weighted by atomic mass is 32.1. The fourth-order valence-corrected chi connectivity index (χ4v) is 3.46. The molecule has 1 aliphatic rings. The molecule has 1 aromatic rings. The van der Waals surface area contributed by atoms with Gasteiger partial charge in [0.1, 0.15) is 0 Å². The Kier molecular flexibility index (Phi) is 4.98. The zero-order valence-electron chi connectivity index (χ0n) is 12.7. The monoisotopic (exact) mass is 281 g/mol. The Morgan fingerprint density at radius 2 is 2.26 bits per heavy atom. The standard InChI is InChI=1S/C15H27N3S/c1-5-8-18(13-6-7-16-9-13)10-12-11-19-14(17-12)15(2,3)4/h11,13,16H,5-10H2,1-4H3. The summed E-state index contributed by atoms with van der Waals surface area (Å²) in [6.07, 6.45) is 2.49. The highest BCUT2D eigenvalue weighted by molar-refractivity contribution is 7.09. The third-order valence-electron chi connectivity index (χ3n) is 3.62. The molecule has 19 heavy (non-hydrogen) atoms. The first-order chi connectivity index (χ1) is 9.00. The fourth-order valence-electron chi connectivity index (χ4n) is 2.56. The van der Waals surface area contributed by atoms with E-state index in [-0.39, 0.29) is 5.41 Å². The maximum atomic E-state index is 4.83. The third kappa shape index (κ3) is 4.01. The molecule has 1 unspecified atom stereocenters. The minimum Gasteiger partial charge on any atom is -0.315 e. The van der Waals surface area contributed by atoms with Crippen molar-refractivity contribution < 1.29 is 0 Å². The molecule has 0 radical (unpaired) electrons. The largest absolute Gasteiger partial charge is 0.315 e. The fraction of sp³-hybridized carbons (Fsp3) is 0.800. The summed E-state index contributed by atoms with van der Waals surface area (Å²) in [7, 11) is 0. The van der Waals surface area contributed by atoms with E-state index in [1.165, 1.54) is 30.1 Å². The third-order valence-corrected chi connectivity index (χ3v) is 4.94. The first kappa shape index (κ1) is 14.9. The van der Waals surface area contributed by atoms with Gasteiger partial charge in [0.2, 0.25) is 0 Å². The summed E-state index contributed by atoms with van der Waals surface area (Å²) in [6.45, 7) is 13.4. The van der Waals surface area contributed by atoms with Gasteiger partial charge in [0.15, 0.2) is 0 Å².